The number of para-hydroxylation sites is 1. The van der Waals surface area contributed by atoms with Crippen molar-refractivity contribution in [1.29, 1.82) is 0 Å². The van der Waals surface area contributed by atoms with Crippen LogP contribution in [-0.2, 0) is 11.3 Å². The normalized spacial score (nSPS) is 10.6. The number of carbonyl (C=O) groups excluding carboxylic acids is 1. The third-order valence-electron chi connectivity index (χ3n) is 3.72. The van der Waals surface area contributed by atoms with Crippen molar-refractivity contribution in [2.45, 2.75) is 19.9 Å². The smallest absolute Gasteiger partial charge is 0.225 e. The van der Waals surface area contributed by atoms with Gasteiger partial charge in [0.15, 0.2) is 11.6 Å². The third kappa shape index (κ3) is 4.74. The van der Waals surface area contributed by atoms with Crippen LogP contribution >= 0.6 is 0 Å². The zero-order valence-electron chi connectivity index (χ0n) is 14.0. The first kappa shape index (κ1) is 16.9. The number of anilines is 1. The molecule has 128 valence electrons. The fraction of sp³-hybridized carbons (Fsp3) is 0.211. The summed E-state index contributed by atoms with van der Waals surface area (Å²) in [4.78, 5) is 20.5. The first-order valence-corrected chi connectivity index (χ1v) is 8.13. The molecule has 0 atom stereocenters. The van der Waals surface area contributed by atoms with E-state index in [2.05, 4.69) is 20.6 Å². The molecule has 2 heterocycles. The molecule has 0 saturated heterocycles. The summed E-state index contributed by atoms with van der Waals surface area (Å²) >= 11 is 0. The summed E-state index contributed by atoms with van der Waals surface area (Å²) < 4.78 is 5.26. The zero-order valence-corrected chi connectivity index (χ0v) is 14.0. The number of aryl methyl sites for hydroxylation is 1. The molecule has 25 heavy (non-hydrogen) atoms. The summed E-state index contributed by atoms with van der Waals surface area (Å²) in [6.45, 7) is 3.16. The van der Waals surface area contributed by atoms with Gasteiger partial charge in [0.2, 0.25) is 5.91 Å². The van der Waals surface area contributed by atoms with Gasteiger partial charge in [-0.25, -0.2) is 9.97 Å². The van der Waals surface area contributed by atoms with E-state index in [4.69, 9.17) is 4.42 Å². The van der Waals surface area contributed by atoms with Crippen molar-refractivity contribution in [2.75, 3.05) is 11.9 Å². The number of nitrogens with one attached hydrogen (secondary N) is 2. The van der Waals surface area contributed by atoms with Crippen LogP contribution in [0.25, 0.3) is 11.6 Å². The lowest BCUT2D eigenvalue weighted by atomic mass is 10.2. The highest BCUT2D eigenvalue weighted by molar-refractivity contribution is 5.91. The van der Waals surface area contributed by atoms with Gasteiger partial charge in [-0.3, -0.25) is 4.79 Å². The van der Waals surface area contributed by atoms with Gasteiger partial charge in [-0.05, 0) is 30.7 Å². The standard InChI is InChI=1S/C19H20N4O2/c1-14-5-2-3-6-16(14)23-18(24)8-9-20-11-15-12-21-19(22-13-15)17-7-4-10-25-17/h2-7,10,12-13,20H,8-9,11H2,1H3,(H,23,24). The summed E-state index contributed by atoms with van der Waals surface area (Å²) in [6, 6.07) is 11.4. The second-order valence-corrected chi connectivity index (χ2v) is 5.68. The van der Waals surface area contributed by atoms with Gasteiger partial charge in [0, 0.05) is 43.2 Å². The number of hydrogen-bond acceptors (Lipinski definition) is 5. The van der Waals surface area contributed by atoms with Gasteiger partial charge in [-0.15, -0.1) is 0 Å². The monoisotopic (exact) mass is 336 g/mol. The molecule has 1 aromatic carbocycles. The Bertz CT molecular complexity index is 814. The molecule has 0 radical (unpaired) electrons. The highest BCUT2D eigenvalue weighted by Gasteiger charge is 2.05. The van der Waals surface area contributed by atoms with E-state index in [1.54, 1.807) is 24.7 Å². The molecule has 0 bridgehead atoms. The van der Waals surface area contributed by atoms with Crippen LogP contribution in [-0.4, -0.2) is 22.4 Å². The average Bonchev–Trinajstić information content (AvgIpc) is 3.16. The highest BCUT2D eigenvalue weighted by atomic mass is 16.3. The van der Waals surface area contributed by atoms with E-state index in [1.807, 2.05) is 37.3 Å². The molecule has 0 aliphatic carbocycles. The molecular weight excluding hydrogens is 316 g/mol. The van der Waals surface area contributed by atoms with Crippen LogP contribution in [0.1, 0.15) is 17.5 Å². The first-order valence-electron chi connectivity index (χ1n) is 8.13. The maximum Gasteiger partial charge on any atom is 0.225 e. The summed E-state index contributed by atoms with van der Waals surface area (Å²) in [5, 5.41) is 6.14. The second-order valence-electron chi connectivity index (χ2n) is 5.68. The van der Waals surface area contributed by atoms with E-state index >= 15 is 0 Å². The molecule has 0 fully saturated rings. The van der Waals surface area contributed by atoms with Crippen LogP contribution in [0.2, 0.25) is 0 Å². The first-order chi connectivity index (χ1) is 12.2. The van der Waals surface area contributed by atoms with Gasteiger partial charge in [0.05, 0.1) is 6.26 Å². The Kier molecular flexibility index (Phi) is 5.53. The van der Waals surface area contributed by atoms with Gasteiger partial charge in [-0.1, -0.05) is 18.2 Å². The van der Waals surface area contributed by atoms with E-state index in [0.717, 1.165) is 16.8 Å². The fourth-order valence-electron chi connectivity index (χ4n) is 2.34. The number of furan rings is 1. The average molecular weight is 336 g/mol. The van der Waals surface area contributed by atoms with Crippen LogP contribution in [0.3, 0.4) is 0 Å². The number of nitrogens with zero attached hydrogens (tertiary/aromatic N) is 2. The predicted octanol–water partition coefficient (Wildman–Crippen LogP) is 3.16. The minimum atomic E-state index is -0.00813. The van der Waals surface area contributed by atoms with Crippen LogP contribution < -0.4 is 10.6 Å². The molecule has 0 aliphatic rings. The van der Waals surface area contributed by atoms with E-state index in [0.29, 0.717) is 31.1 Å². The van der Waals surface area contributed by atoms with Crippen LogP contribution in [0, 0.1) is 6.92 Å². The van der Waals surface area contributed by atoms with Crippen LogP contribution in [0.4, 0.5) is 5.69 Å². The number of carbonyl (C=O) groups is 1. The Morgan fingerprint density at radius 2 is 1.92 bits per heavy atom. The maximum atomic E-state index is 12.0. The molecule has 0 unspecified atom stereocenters. The van der Waals surface area contributed by atoms with Crippen molar-refractivity contribution >= 4 is 11.6 Å². The molecule has 1 amide bonds. The van der Waals surface area contributed by atoms with Crippen molar-refractivity contribution in [1.82, 2.24) is 15.3 Å². The summed E-state index contributed by atoms with van der Waals surface area (Å²) in [5.41, 5.74) is 2.86. The van der Waals surface area contributed by atoms with Gasteiger partial charge in [-0.2, -0.15) is 0 Å². The van der Waals surface area contributed by atoms with E-state index < -0.39 is 0 Å². The fourth-order valence-corrected chi connectivity index (χ4v) is 2.34. The van der Waals surface area contributed by atoms with Crippen LogP contribution in [0.15, 0.2) is 59.5 Å². The Morgan fingerprint density at radius 1 is 1.12 bits per heavy atom. The molecule has 0 aliphatic heterocycles. The minimum Gasteiger partial charge on any atom is -0.461 e. The largest absolute Gasteiger partial charge is 0.461 e. The molecule has 0 saturated carbocycles. The summed E-state index contributed by atoms with van der Waals surface area (Å²) in [7, 11) is 0. The Hall–Kier alpha value is -2.99. The topological polar surface area (TPSA) is 80.0 Å². The lowest BCUT2D eigenvalue weighted by Crippen LogP contribution is -2.22. The van der Waals surface area contributed by atoms with Crippen LogP contribution in [0.5, 0.6) is 0 Å². The van der Waals surface area contributed by atoms with E-state index in [1.165, 1.54) is 0 Å². The lowest BCUT2D eigenvalue weighted by molar-refractivity contribution is -0.116. The molecule has 6 nitrogen and oxygen atoms in total. The Labute approximate surface area is 146 Å². The number of amides is 1. The molecule has 2 N–H and O–H groups in total. The minimum absolute atomic E-state index is 0.00813. The van der Waals surface area contributed by atoms with Crippen molar-refractivity contribution in [3.63, 3.8) is 0 Å². The highest BCUT2D eigenvalue weighted by Crippen LogP contribution is 2.14. The van der Waals surface area contributed by atoms with Gasteiger partial charge < -0.3 is 15.1 Å². The number of hydrogen-bond donors (Lipinski definition) is 2. The van der Waals surface area contributed by atoms with E-state index in [-0.39, 0.29) is 5.91 Å². The molecular formula is C19H20N4O2. The van der Waals surface area contributed by atoms with Crippen molar-refractivity contribution in [3.05, 3.63) is 66.2 Å². The van der Waals surface area contributed by atoms with Crippen molar-refractivity contribution in [3.8, 4) is 11.6 Å². The zero-order chi connectivity index (χ0) is 17.5. The maximum absolute atomic E-state index is 12.0. The Balaban J connectivity index is 1.41. The number of rotatable bonds is 7. The lowest BCUT2D eigenvalue weighted by Gasteiger charge is -2.08. The SMILES string of the molecule is Cc1ccccc1NC(=O)CCNCc1cnc(-c2ccco2)nc1. The van der Waals surface area contributed by atoms with Crippen molar-refractivity contribution in [2.24, 2.45) is 0 Å². The molecule has 2 aromatic heterocycles. The number of aromatic nitrogens is 2. The van der Waals surface area contributed by atoms with E-state index in [9.17, 15) is 4.79 Å². The van der Waals surface area contributed by atoms with Crippen molar-refractivity contribution < 1.29 is 9.21 Å². The van der Waals surface area contributed by atoms with Gasteiger partial charge >= 0.3 is 0 Å². The molecule has 0 spiro atoms. The quantitative estimate of drug-likeness (QED) is 0.648. The molecule has 3 aromatic rings. The second kappa shape index (κ2) is 8.21. The summed E-state index contributed by atoms with van der Waals surface area (Å²) in [6.07, 6.45) is 5.51. The van der Waals surface area contributed by atoms with Gasteiger partial charge in [0.1, 0.15) is 0 Å². The predicted molar refractivity (Wildman–Crippen MR) is 95.9 cm³/mol. The molecule has 6 heteroatoms. The summed E-state index contributed by atoms with van der Waals surface area (Å²) in [5.74, 6) is 1.20. The Morgan fingerprint density at radius 3 is 2.64 bits per heavy atom. The third-order valence-corrected chi connectivity index (χ3v) is 3.72. The van der Waals surface area contributed by atoms with Gasteiger partial charge in [0.25, 0.3) is 0 Å². The molecule has 3 rings (SSSR count). The number of benzene rings is 1.